The van der Waals surface area contributed by atoms with E-state index in [4.69, 9.17) is 14.2 Å². The van der Waals surface area contributed by atoms with Crippen molar-refractivity contribution in [1.29, 1.82) is 0 Å². The van der Waals surface area contributed by atoms with Crippen molar-refractivity contribution in [2.24, 2.45) is 0 Å². The standard InChI is InChI=1S/C43H46O6S12/c1-38(2)50-23-17(24-30(57-39(3,4)51-24)20(29(23)56-38)35(44)47-13)16(18-25-31(58-40(5,6)52-25)21(36(45)48-14)32-26(18)53-41(7,8)59-32)19-27-33(60-42(9,10)54-27)22(37(46)49-15)34-28(19)55-43(11,12)61-34/h16H,1-15H3. The topological polar surface area (TPSA) is 78.9 Å². The van der Waals surface area contributed by atoms with E-state index in [0.29, 0.717) is 16.7 Å². The second kappa shape index (κ2) is 15.4. The van der Waals surface area contributed by atoms with Crippen LogP contribution in [-0.2, 0) is 14.2 Å². The van der Waals surface area contributed by atoms with Gasteiger partial charge in [-0.05, 0) is 99.8 Å². The fraction of sp³-hybridized carbons (Fsp3) is 0.512. The highest BCUT2D eigenvalue weighted by molar-refractivity contribution is 8.23. The number of hydrogen-bond donors (Lipinski definition) is 0. The lowest BCUT2D eigenvalue weighted by Gasteiger charge is -2.32. The van der Waals surface area contributed by atoms with Crippen LogP contribution < -0.4 is 0 Å². The molecule has 326 valence electrons. The Kier molecular flexibility index (Phi) is 11.7. The summed E-state index contributed by atoms with van der Waals surface area (Å²) in [5.41, 5.74) is 5.57. The zero-order valence-corrected chi connectivity index (χ0v) is 46.2. The van der Waals surface area contributed by atoms with E-state index in [1.54, 1.807) is 70.6 Å². The molecule has 3 aromatic carbocycles. The second-order valence-corrected chi connectivity index (χ2v) is 39.0. The summed E-state index contributed by atoms with van der Waals surface area (Å²) in [6, 6.07) is 0. The van der Waals surface area contributed by atoms with E-state index in [2.05, 4.69) is 83.1 Å². The van der Waals surface area contributed by atoms with Gasteiger partial charge in [-0.1, -0.05) is 0 Å². The van der Waals surface area contributed by atoms with E-state index in [1.807, 2.05) is 70.6 Å². The molecule has 0 spiro atoms. The molecular formula is C43H46O6S12. The fourth-order valence-corrected chi connectivity index (χ4v) is 26.3. The monoisotopic (exact) mass is 1040 g/mol. The van der Waals surface area contributed by atoms with Crippen LogP contribution in [0.25, 0.3) is 0 Å². The van der Waals surface area contributed by atoms with Crippen molar-refractivity contribution in [2.45, 2.75) is 172 Å². The van der Waals surface area contributed by atoms with Crippen LogP contribution in [0, 0.1) is 0 Å². The minimum atomic E-state index is -0.352. The van der Waals surface area contributed by atoms with Gasteiger partial charge in [-0.25, -0.2) is 14.4 Å². The van der Waals surface area contributed by atoms with E-state index in [0.717, 1.165) is 58.7 Å². The van der Waals surface area contributed by atoms with Crippen LogP contribution in [0.1, 0.15) is 137 Å². The lowest BCUT2D eigenvalue weighted by Crippen LogP contribution is -2.17. The largest absolute Gasteiger partial charge is 0.465 e. The van der Waals surface area contributed by atoms with Crippen molar-refractivity contribution >= 4 is 159 Å². The minimum absolute atomic E-state index is 0.278. The summed E-state index contributed by atoms with van der Waals surface area (Å²) in [5, 5.41) is 0. The third kappa shape index (κ3) is 7.77. The molecule has 18 heteroatoms. The Labute approximate surface area is 410 Å². The molecule has 0 aliphatic carbocycles. The van der Waals surface area contributed by atoms with Crippen molar-refractivity contribution in [2.75, 3.05) is 21.3 Å². The Hall–Kier alpha value is 0.270. The van der Waals surface area contributed by atoms with Crippen LogP contribution in [0.15, 0.2) is 58.7 Å². The van der Waals surface area contributed by atoms with Gasteiger partial charge in [-0.3, -0.25) is 0 Å². The predicted molar refractivity (Wildman–Crippen MR) is 269 cm³/mol. The van der Waals surface area contributed by atoms with Gasteiger partial charge in [0.05, 0.1) is 62.5 Å². The molecule has 0 fully saturated rings. The Balaban J connectivity index is 1.53. The average molecular weight is 1040 g/mol. The highest BCUT2D eigenvalue weighted by Crippen LogP contribution is 2.75. The maximum Gasteiger partial charge on any atom is 0.340 e. The molecule has 0 saturated heterocycles. The Bertz CT molecular complexity index is 2130. The summed E-state index contributed by atoms with van der Waals surface area (Å²) in [6.07, 6.45) is 0. The van der Waals surface area contributed by atoms with Crippen LogP contribution in [0.2, 0.25) is 0 Å². The number of fused-ring (bicyclic) bond motifs is 6. The van der Waals surface area contributed by atoms with Crippen molar-refractivity contribution < 1.29 is 28.6 Å². The van der Waals surface area contributed by atoms with Crippen LogP contribution in [0.5, 0.6) is 0 Å². The zero-order chi connectivity index (χ0) is 44.3. The van der Waals surface area contributed by atoms with Gasteiger partial charge < -0.3 is 14.2 Å². The normalized spacial score (nSPS) is 22.0. The van der Waals surface area contributed by atoms with Crippen LogP contribution in [0.4, 0.5) is 0 Å². The first-order valence-electron chi connectivity index (χ1n) is 19.5. The fourth-order valence-electron chi connectivity index (χ4n) is 8.38. The quantitative estimate of drug-likeness (QED) is 0.133. The first-order chi connectivity index (χ1) is 28.2. The lowest BCUT2D eigenvalue weighted by molar-refractivity contribution is 0.0582. The average Bonchev–Trinajstić information content (AvgIpc) is 3.95. The van der Waals surface area contributed by atoms with Gasteiger partial charge in [-0.15, -0.1) is 141 Å². The van der Waals surface area contributed by atoms with Crippen molar-refractivity contribution in [3.8, 4) is 0 Å². The van der Waals surface area contributed by atoms with Gasteiger partial charge in [0.1, 0.15) is 0 Å². The molecule has 0 bridgehead atoms. The molecule has 0 amide bonds. The summed E-state index contributed by atoms with van der Waals surface area (Å²) < 4.78 is 15.2. The number of methoxy groups -OCH3 is 3. The molecule has 9 rings (SSSR count). The van der Waals surface area contributed by atoms with Gasteiger partial charge in [0, 0.05) is 64.7 Å². The molecule has 0 atom stereocenters. The third-order valence-corrected chi connectivity index (χ3v) is 27.4. The van der Waals surface area contributed by atoms with E-state index < -0.39 is 0 Å². The minimum Gasteiger partial charge on any atom is -0.465 e. The highest BCUT2D eigenvalue weighted by atomic mass is 32.2. The lowest BCUT2D eigenvalue weighted by atomic mass is 9.83. The van der Waals surface area contributed by atoms with Gasteiger partial charge >= 0.3 is 17.9 Å². The summed E-state index contributed by atoms with van der Waals surface area (Å²) in [7, 11) is 4.46. The molecule has 0 aromatic heterocycles. The molecule has 6 nitrogen and oxygen atoms in total. The number of carbonyl (C=O) groups excluding carboxylic acids is 3. The first kappa shape index (κ1) is 46.4. The molecular weight excluding hydrogens is 997 g/mol. The number of carbonyl (C=O) groups is 3. The molecule has 0 radical (unpaired) electrons. The van der Waals surface area contributed by atoms with E-state index in [9.17, 15) is 14.4 Å². The second-order valence-electron chi connectivity index (χ2n) is 17.8. The Morgan fingerprint density at radius 3 is 0.607 bits per heavy atom. The number of esters is 3. The third-order valence-electron chi connectivity index (χ3n) is 10.3. The highest BCUT2D eigenvalue weighted by Gasteiger charge is 2.53. The van der Waals surface area contributed by atoms with Crippen molar-refractivity contribution in [1.82, 2.24) is 0 Å². The summed E-state index contributed by atoms with van der Waals surface area (Å²) in [6.45, 7) is 26.9. The van der Waals surface area contributed by atoms with E-state index in [1.165, 1.54) is 38.0 Å². The molecule has 3 aromatic rings. The van der Waals surface area contributed by atoms with Gasteiger partial charge in [0.15, 0.2) is 0 Å². The van der Waals surface area contributed by atoms with Crippen LogP contribution >= 0.6 is 141 Å². The summed E-state index contributed by atoms with van der Waals surface area (Å²) in [5.74, 6) is -1.30. The van der Waals surface area contributed by atoms with E-state index >= 15 is 0 Å². The summed E-state index contributed by atoms with van der Waals surface area (Å²) >= 11 is 21.5. The van der Waals surface area contributed by atoms with Gasteiger partial charge in [0.25, 0.3) is 0 Å². The smallest absolute Gasteiger partial charge is 0.340 e. The molecule has 6 aliphatic rings. The number of hydrogen-bond acceptors (Lipinski definition) is 18. The van der Waals surface area contributed by atoms with Crippen LogP contribution in [-0.4, -0.2) is 63.7 Å². The van der Waals surface area contributed by atoms with Crippen LogP contribution in [0.3, 0.4) is 0 Å². The van der Waals surface area contributed by atoms with Gasteiger partial charge in [0.2, 0.25) is 0 Å². The molecule has 61 heavy (non-hydrogen) atoms. The van der Waals surface area contributed by atoms with E-state index in [-0.39, 0.29) is 48.3 Å². The maximum atomic E-state index is 14.2. The maximum absolute atomic E-state index is 14.2. The number of rotatable bonds is 6. The van der Waals surface area contributed by atoms with Gasteiger partial charge in [-0.2, -0.15) is 0 Å². The Morgan fingerprint density at radius 1 is 0.311 bits per heavy atom. The predicted octanol–water partition coefficient (Wildman–Crippen LogP) is 15.8. The number of thioether (sulfide) groups is 12. The molecule has 6 heterocycles. The molecule has 6 aliphatic heterocycles. The number of ether oxygens (including phenoxy) is 3. The SMILES string of the molecule is COC(=O)c1c2c(c(C(c3c4c(c(C(=O)OC)c5c3SC(C)(C)S5)SC(C)(C)S4)c3c4c(c(C(=O)OC)c5c3SC(C)(C)S5)SC(C)(C)S4)c3c1SC(C)(C)S3)SC(C)(C)S2. The molecule has 0 unspecified atom stereocenters. The van der Waals surface area contributed by atoms with Crippen molar-refractivity contribution in [3.63, 3.8) is 0 Å². The summed E-state index contributed by atoms with van der Waals surface area (Å²) in [4.78, 5) is 55.0. The molecule has 0 N–H and O–H groups in total. The first-order valence-corrected chi connectivity index (χ1v) is 29.3. The number of benzene rings is 3. The van der Waals surface area contributed by atoms with Crippen molar-refractivity contribution in [3.05, 3.63) is 33.4 Å². The zero-order valence-electron chi connectivity index (χ0n) is 36.4. The Morgan fingerprint density at radius 2 is 0.459 bits per heavy atom. The molecule has 0 saturated carbocycles.